The molecule has 1 rings (SSSR count). The maximum absolute atomic E-state index is 6.02. The van der Waals surface area contributed by atoms with E-state index < -0.39 is 0 Å². The summed E-state index contributed by atoms with van der Waals surface area (Å²) in [6.07, 6.45) is 3.29. The van der Waals surface area contributed by atoms with Gasteiger partial charge >= 0.3 is 0 Å². The lowest BCUT2D eigenvalue weighted by atomic mass is 9.83. The van der Waals surface area contributed by atoms with Crippen molar-refractivity contribution in [3.8, 4) is 5.75 Å². The molecule has 0 saturated carbocycles. The van der Waals surface area contributed by atoms with Crippen LogP contribution in [0.25, 0.3) is 0 Å². The number of benzene rings is 1. The third kappa shape index (κ3) is 4.52. The highest BCUT2D eigenvalue weighted by molar-refractivity contribution is 5.42. The van der Waals surface area contributed by atoms with Crippen molar-refractivity contribution in [1.82, 2.24) is 0 Å². The molecular weight excluding hydrogens is 246 g/mol. The van der Waals surface area contributed by atoms with E-state index in [9.17, 15) is 0 Å². The highest BCUT2D eigenvalue weighted by Crippen LogP contribution is 2.34. The second-order valence-corrected chi connectivity index (χ2v) is 6.86. The number of methoxy groups -OCH3 is 1. The summed E-state index contributed by atoms with van der Waals surface area (Å²) in [4.78, 5) is 0. The van der Waals surface area contributed by atoms with Crippen molar-refractivity contribution in [3.05, 3.63) is 29.3 Å². The summed E-state index contributed by atoms with van der Waals surface area (Å²) in [5.41, 5.74) is 8.79. The molecule has 2 atom stereocenters. The quantitative estimate of drug-likeness (QED) is 0.824. The average molecular weight is 277 g/mol. The Morgan fingerprint density at radius 2 is 1.85 bits per heavy atom. The fourth-order valence-corrected chi connectivity index (χ4v) is 2.45. The summed E-state index contributed by atoms with van der Waals surface area (Å²) in [5, 5.41) is 0. The molecule has 2 unspecified atom stereocenters. The van der Waals surface area contributed by atoms with Crippen LogP contribution in [0.1, 0.15) is 70.9 Å². The van der Waals surface area contributed by atoms with Gasteiger partial charge in [0.2, 0.25) is 0 Å². The van der Waals surface area contributed by atoms with Gasteiger partial charge in [-0.1, -0.05) is 46.8 Å². The predicted octanol–water partition coefficient (Wildman–Crippen LogP) is 4.61. The number of ether oxygens (including phenoxy) is 1. The largest absolute Gasteiger partial charge is 0.496 e. The number of hydrogen-bond acceptors (Lipinski definition) is 2. The predicted molar refractivity (Wildman–Crippen MR) is 87.6 cm³/mol. The molecule has 0 bridgehead atoms. The highest BCUT2D eigenvalue weighted by Gasteiger charge is 2.20. The first kappa shape index (κ1) is 17.0. The van der Waals surface area contributed by atoms with Gasteiger partial charge in [-0.05, 0) is 47.8 Å². The van der Waals surface area contributed by atoms with Crippen molar-refractivity contribution in [2.75, 3.05) is 7.11 Å². The number of rotatable bonds is 6. The monoisotopic (exact) mass is 277 g/mol. The number of nitrogens with two attached hydrogens (primary N) is 1. The zero-order valence-corrected chi connectivity index (χ0v) is 14.0. The van der Waals surface area contributed by atoms with Gasteiger partial charge in [0.05, 0.1) is 7.11 Å². The SMILES string of the molecule is CCC(N)CCC(C)c1ccc(OC)c(C(C)(C)C)c1. The van der Waals surface area contributed by atoms with Gasteiger partial charge in [0.1, 0.15) is 5.75 Å². The standard InChI is InChI=1S/C18H31NO/c1-7-15(19)10-8-13(2)14-9-11-17(20-6)16(12-14)18(3,4)5/h9,11-13,15H,7-8,10,19H2,1-6H3. The van der Waals surface area contributed by atoms with Gasteiger partial charge in [-0.3, -0.25) is 0 Å². The maximum Gasteiger partial charge on any atom is 0.122 e. The summed E-state index contributed by atoms with van der Waals surface area (Å²) in [5.74, 6) is 1.53. The zero-order chi connectivity index (χ0) is 15.3. The smallest absolute Gasteiger partial charge is 0.122 e. The topological polar surface area (TPSA) is 35.2 Å². The van der Waals surface area contributed by atoms with Crippen LogP contribution >= 0.6 is 0 Å². The third-order valence-corrected chi connectivity index (χ3v) is 4.10. The van der Waals surface area contributed by atoms with Crippen LogP contribution in [0.4, 0.5) is 0 Å². The molecule has 0 heterocycles. The van der Waals surface area contributed by atoms with E-state index in [1.807, 2.05) is 0 Å². The van der Waals surface area contributed by atoms with Crippen LogP contribution in [0.15, 0.2) is 18.2 Å². The van der Waals surface area contributed by atoms with Crippen LogP contribution < -0.4 is 10.5 Å². The highest BCUT2D eigenvalue weighted by atomic mass is 16.5. The van der Waals surface area contributed by atoms with E-state index in [0.717, 1.165) is 25.0 Å². The van der Waals surface area contributed by atoms with Gasteiger partial charge in [-0.2, -0.15) is 0 Å². The van der Waals surface area contributed by atoms with Crippen LogP contribution in [0.3, 0.4) is 0 Å². The molecule has 2 heteroatoms. The Bertz CT molecular complexity index is 420. The average Bonchev–Trinajstić information content (AvgIpc) is 2.42. The molecule has 0 aromatic heterocycles. The summed E-state index contributed by atoms with van der Waals surface area (Å²) >= 11 is 0. The molecule has 1 aromatic rings. The molecule has 20 heavy (non-hydrogen) atoms. The Balaban J connectivity index is 2.91. The third-order valence-electron chi connectivity index (χ3n) is 4.10. The molecule has 1 aromatic carbocycles. The molecule has 0 saturated heterocycles. The van der Waals surface area contributed by atoms with Crippen molar-refractivity contribution in [2.45, 2.75) is 71.3 Å². The normalized spacial score (nSPS) is 14.9. The van der Waals surface area contributed by atoms with Gasteiger partial charge in [0.25, 0.3) is 0 Å². The lowest BCUT2D eigenvalue weighted by molar-refractivity contribution is 0.397. The van der Waals surface area contributed by atoms with Crippen molar-refractivity contribution in [2.24, 2.45) is 5.73 Å². The minimum absolute atomic E-state index is 0.0981. The van der Waals surface area contributed by atoms with Gasteiger partial charge in [-0.25, -0.2) is 0 Å². The Morgan fingerprint density at radius 3 is 2.35 bits per heavy atom. The minimum atomic E-state index is 0.0981. The van der Waals surface area contributed by atoms with E-state index in [4.69, 9.17) is 10.5 Å². The van der Waals surface area contributed by atoms with Crippen molar-refractivity contribution < 1.29 is 4.74 Å². The molecule has 0 fully saturated rings. The molecule has 0 aliphatic heterocycles. The second kappa shape index (κ2) is 7.12. The van der Waals surface area contributed by atoms with Crippen molar-refractivity contribution >= 4 is 0 Å². The van der Waals surface area contributed by atoms with Crippen molar-refractivity contribution in [3.63, 3.8) is 0 Å². The Hall–Kier alpha value is -1.02. The van der Waals surface area contributed by atoms with E-state index in [2.05, 4.69) is 52.8 Å². The summed E-state index contributed by atoms with van der Waals surface area (Å²) < 4.78 is 5.50. The maximum atomic E-state index is 6.02. The zero-order valence-electron chi connectivity index (χ0n) is 14.0. The van der Waals surface area contributed by atoms with E-state index in [1.165, 1.54) is 11.1 Å². The second-order valence-electron chi connectivity index (χ2n) is 6.86. The van der Waals surface area contributed by atoms with Crippen LogP contribution in [-0.2, 0) is 5.41 Å². The molecule has 2 nitrogen and oxygen atoms in total. The molecular formula is C18H31NO. The van der Waals surface area contributed by atoms with Crippen LogP contribution in [0, 0.1) is 0 Å². The summed E-state index contributed by atoms with van der Waals surface area (Å²) in [6, 6.07) is 6.93. The fourth-order valence-electron chi connectivity index (χ4n) is 2.45. The van der Waals surface area contributed by atoms with Gasteiger partial charge in [0, 0.05) is 6.04 Å². The van der Waals surface area contributed by atoms with Gasteiger partial charge in [0.15, 0.2) is 0 Å². The fraction of sp³-hybridized carbons (Fsp3) is 0.667. The van der Waals surface area contributed by atoms with Gasteiger partial charge < -0.3 is 10.5 Å². The Morgan fingerprint density at radius 1 is 1.20 bits per heavy atom. The summed E-state index contributed by atoms with van der Waals surface area (Å²) in [6.45, 7) is 11.1. The van der Waals surface area contributed by atoms with E-state index in [-0.39, 0.29) is 5.41 Å². The molecule has 114 valence electrons. The number of hydrogen-bond donors (Lipinski definition) is 1. The molecule has 0 spiro atoms. The Kier molecular flexibility index (Phi) is 6.07. The first-order valence-corrected chi connectivity index (χ1v) is 7.73. The van der Waals surface area contributed by atoms with Crippen LogP contribution in [-0.4, -0.2) is 13.2 Å². The van der Waals surface area contributed by atoms with Crippen LogP contribution in [0.5, 0.6) is 5.75 Å². The molecule has 0 aliphatic rings. The first-order valence-electron chi connectivity index (χ1n) is 7.73. The Labute approximate surface area is 124 Å². The molecule has 0 amide bonds. The molecule has 0 radical (unpaired) electrons. The first-order chi connectivity index (χ1) is 9.29. The van der Waals surface area contributed by atoms with E-state index in [1.54, 1.807) is 7.11 Å². The van der Waals surface area contributed by atoms with Gasteiger partial charge in [-0.15, -0.1) is 0 Å². The lowest BCUT2D eigenvalue weighted by Gasteiger charge is -2.24. The summed E-state index contributed by atoms with van der Waals surface area (Å²) in [7, 11) is 1.74. The molecule has 2 N–H and O–H groups in total. The molecule has 0 aliphatic carbocycles. The van der Waals surface area contributed by atoms with Crippen molar-refractivity contribution in [1.29, 1.82) is 0 Å². The van der Waals surface area contributed by atoms with Crippen LogP contribution in [0.2, 0.25) is 0 Å². The minimum Gasteiger partial charge on any atom is -0.496 e. The van der Waals surface area contributed by atoms with E-state index in [0.29, 0.717) is 12.0 Å². The lowest BCUT2D eigenvalue weighted by Crippen LogP contribution is -2.19. The van der Waals surface area contributed by atoms with E-state index >= 15 is 0 Å².